The third-order valence-corrected chi connectivity index (χ3v) is 3.02. The molecule has 1 aromatic rings. The molecule has 15 heavy (non-hydrogen) atoms. The number of benzene rings is 1. The Hall–Kier alpha value is -0.390. The Morgan fingerprint density at radius 1 is 1.40 bits per heavy atom. The van der Waals surface area contributed by atoms with E-state index in [0.29, 0.717) is 4.90 Å². The van der Waals surface area contributed by atoms with Crippen LogP contribution in [0.25, 0.3) is 0 Å². The minimum absolute atomic E-state index is 0.211. The van der Waals surface area contributed by atoms with E-state index in [1.54, 1.807) is 6.26 Å². The molecule has 0 saturated heterocycles. The minimum Gasteiger partial charge on any atom is -0.379 e. The standard InChI is InChI=1S/C9H8ClF3OS/c1-15-7-3-2-5(4-6(7)10)8(14)9(11,12)13/h2-4,8,14H,1H3. The summed E-state index contributed by atoms with van der Waals surface area (Å²) in [5, 5.41) is 9.17. The lowest BCUT2D eigenvalue weighted by Gasteiger charge is -2.15. The van der Waals surface area contributed by atoms with Crippen LogP contribution in [-0.4, -0.2) is 17.5 Å². The molecule has 1 atom stereocenters. The highest BCUT2D eigenvalue weighted by atomic mass is 35.5. The van der Waals surface area contributed by atoms with Gasteiger partial charge in [0, 0.05) is 4.90 Å². The summed E-state index contributed by atoms with van der Waals surface area (Å²) in [6.07, 6.45) is -5.38. The molecule has 1 unspecified atom stereocenters. The lowest BCUT2D eigenvalue weighted by Crippen LogP contribution is -2.20. The highest BCUT2D eigenvalue weighted by Crippen LogP contribution is 2.35. The van der Waals surface area contributed by atoms with Gasteiger partial charge in [-0.1, -0.05) is 17.7 Å². The topological polar surface area (TPSA) is 20.2 Å². The molecule has 6 heteroatoms. The van der Waals surface area contributed by atoms with Crippen LogP contribution in [-0.2, 0) is 0 Å². The second-order valence-corrected chi connectivity index (χ2v) is 4.09. The van der Waals surface area contributed by atoms with Gasteiger partial charge in [-0.3, -0.25) is 0 Å². The van der Waals surface area contributed by atoms with Crippen molar-refractivity contribution < 1.29 is 18.3 Å². The Kier molecular flexibility index (Phi) is 3.92. The molecule has 0 aromatic heterocycles. The second-order valence-electron chi connectivity index (χ2n) is 2.84. The van der Waals surface area contributed by atoms with Gasteiger partial charge in [-0.2, -0.15) is 13.2 Å². The summed E-state index contributed by atoms with van der Waals surface area (Å²) in [5.41, 5.74) is -0.245. The molecule has 0 bridgehead atoms. The molecule has 0 saturated carbocycles. The maximum absolute atomic E-state index is 12.2. The summed E-state index contributed by atoms with van der Waals surface area (Å²) in [6, 6.07) is 3.80. The highest BCUT2D eigenvalue weighted by Gasteiger charge is 2.39. The number of alkyl halides is 3. The van der Waals surface area contributed by atoms with Crippen LogP contribution in [0.3, 0.4) is 0 Å². The molecular formula is C9H8ClF3OS. The van der Waals surface area contributed by atoms with Crippen LogP contribution in [0.4, 0.5) is 13.2 Å². The molecule has 0 amide bonds. The van der Waals surface area contributed by atoms with Crippen molar-refractivity contribution in [2.45, 2.75) is 17.2 Å². The van der Waals surface area contributed by atoms with Crippen LogP contribution < -0.4 is 0 Å². The number of hydrogen-bond donors (Lipinski definition) is 1. The number of aliphatic hydroxyl groups is 1. The zero-order valence-corrected chi connectivity index (χ0v) is 9.25. The Bertz CT molecular complexity index is 354. The van der Waals surface area contributed by atoms with Crippen molar-refractivity contribution in [3.8, 4) is 0 Å². The maximum atomic E-state index is 12.2. The average molecular weight is 257 g/mol. The van der Waals surface area contributed by atoms with Crippen molar-refractivity contribution >= 4 is 23.4 Å². The van der Waals surface area contributed by atoms with Crippen molar-refractivity contribution in [1.29, 1.82) is 0 Å². The molecular weight excluding hydrogens is 249 g/mol. The van der Waals surface area contributed by atoms with Gasteiger partial charge >= 0.3 is 6.18 Å². The van der Waals surface area contributed by atoms with Crippen molar-refractivity contribution in [3.63, 3.8) is 0 Å². The van der Waals surface area contributed by atoms with Gasteiger partial charge in [-0.15, -0.1) is 11.8 Å². The molecule has 84 valence electrons. The van der Waals surface area contributed by atoms with Crippen molar-refractivity contribution in [1.82, 2.24) is 0 Å². The first-order valence-corrected chi connectivity index (χ1v) is 5.54. The molecule has 1 rings (SSSR count). The van der Waals surface area contributed by atoms with Gasteiger partial charge in [-0.25, -0.2) is 0 Å². The Morgan fingerprint density at radius 2 is 2.00 bits per heavy atom. The molecule has 1 nitrogen and oxygen atoms in total. The Balaban J connectivity index is 3.02. The molecule has 0 heterocycles. The van der Waals surface area contributed by atoms with Crippen LogP contribution in [0.5, 0.6) is 0 Å². The van der Waals surface area contributed by atoms with Gasteiger partial charge in [-0.05, 0) is 24.0 Å². The summed E-state index contributed by atoms with van der Waals surface area (Å²) < 4.78 is 36.5. The largest absolute Gasteiger partial charge is 0.418 e. The molecule has 1 N–H and O–H groups in total. The second kappa shape index (κ2) is 4.63. The average Bonchev–Trinajstić information content (AvgIpc) is 2.15. The lowest BCUT2D eigenvalue weighted by atomic mass is 10.1. The normalized spacial score (nSPS) is 14.0. The van der Waals surface area contributed by atoms with Gasteiger partial charge in [0.25, 0.3) is 0 Å². The molecule has 0 aliphatic rings. The Labute approximate surface area is 94.2 Å². The zero-order chi connectivity index (χ0) is 11.6. The number of aliphatic hydroxyl groups excluding tert-OH is 1. The SMILES string of the molecule is CSc1ccc(C(O)C(F)(F)F)cc1Cl. The highest BCUT2D eigenvalue weighted by molar-refractivity contribution is 7.98. The van der Waals surface area contributed by atoms with Crippen LogP contribution in [0.2, 0.25) is 5.02 Å². The van der Waals surface area contributed by atoms with Crippen LogP contribution in [0, 0.1) is 0 Å². The predicted molar refractivity (Wildman–Crippen MR) is 54.2 cm³/mol. The van der Waals surface area contributed by atoms with Crippen LogP contribution in [0.1, 0.15) is 11.7 Å². The van der Waals surface area contributed by atoms with E-state index >= 15 is 0 Å². The minimum atomic E-state index is -4.66. The summed E-state index contributed by atoms with van der Waals surface area (Å²) in [7, 11) is 0. The molecule has 0 aliphatic carbocycles. The summed E-state index contributed by atoms with van der Waals surface area (Å²) in [4.78, 5) is 0.676. The van der Waals surface area contributed by atoms with Gasteiger partial charge in [0.05, 0.1) is 5.02 Å². The summed E-state index contributed by atoms with van der Waals surface area (Å²) in [6.45, 7) is 0. The van der Waals surface area contributed by atoms with Gasteiger partial charge in [0.2, 0.25) is 0 Å². The van der Waals surface area contributed by atoms with E-state index in [1.807, 2.05) is 0 Å². The fraction of sp³-hybridized carbons (Fsp3) is 0.333. The maximum Gasteiger partial charge on any atom is 0.418 e. The molecule has 0 radical (unpaired) electrons. The van der Waals surface area contributed by atoms with E-state index in [4.69, 9.17) is 16.7 Å². The number of halogens is 4. The quantitative estimate of drug-likeness (QED) is 0.815. The fourth-order valence-electron chi connectivity index (χ4n) is 1.04. The molecule has 1 aromatic carbocycles. The van der Waals surface area contributed by atoms with Crippen molar-refractivity contribution in [2.24, 2.45) is 0 Å². The zero-order valence-electron chi connectivity index (χ0n) is 7.68. The first-order valence-electron chi connectivity index (χ1n) is 3.94. The molecule has 0 aliphatic heterocycles. The molecule has 0 fully saturated rings. The smallest absolute Gasteiger partial charge is 0.379 e. The lowest BCUT2D eigenvalue weighted by molar-refractivity contribution is -0.206. The van der Waals surface area contributed by atoms with E-state index < -0.39 is 12.3 Å². The van der Waals surface area contributed by atoms with E-state index in [-0.39, 0.29) is 10.6 Å². The van der Waals surface area contributed by atoms with Gasteiger partial charge in [0.1, 0.15) is 0 Å². The fourth-order valence-corrected chi connectivity index (χ4v) is 1.92. The summed E-state index contributed by atoms with van der Waals surface area (Å²) >= 11 is 7.05. The number of hydrogen-bond acceptors (Lipinski definition) is 2. The first-order chi connectivity index (χ1) is 6.86. The van der Waals surface area contributed by atoms with E-state index in [0.717, 1.165) is 6.07 Å². The van der Waals surface area contributed by atoms with Crippen molar-refractivity contribution in [3.05, 3.63) is 28.8 Å². The van der Waals surface area contributed by atoms with Gasteiger partial charge < -0.3 is 5.11 Å². The third kappa shape index (κ3) is 3.03. The van der Waals surface area contributed by atoms with Crippen LogP contribution in [0.15, 0.2) is 23.1 Å². The monoisotopic (exact) mass is 256 g/mol. The first kappa shape index (κ1) is 12.7. The van der Waals surface area contributed by atoms with Crippen molar-refractivity contribution in [2.75, 3.05) is 6.26 Å². The third-order valence-electron chi connectivity index (χ3n) is 1.80. The van der Waals surface area contributed by atoms with E-state index in [2.05, 4.69) is 0 Å². The molecule has 0 spiro atoms. The summed E-state index contributed by atoms with van der Waals surface area (Å²) in [5.74, 6) is 0. The van der Waals surface area contributed by atoms with E-state index in [1.165, 1.54) is 23.9 Å². The Morgan fingerprint density at radius 3 is 2.40 bits per heavy atom. The number of thioether (sulfide) groups is 1. The number of rotatable bonds is 2. The van der Waals surface area contributed by atoms with Gasteiger partial charge in [0.15, 0.2) is 6.10 Å². The van der Waals surface area contributed by atoms with E-state index in [9.17, 15) is 13.2 Å². The van der Waals surface area contributed by atoms with Crippen LogP contribution >= 0.6 is 23.4 Å². The predicted octanol–water partition coefficient (Wildman–Crippen LogP) is 3.66.